The number of nitrogens with one attached hydrogen (secondary N) is 1. The van der Waals surface area contributed by atoms with Crippen LogP contribution in [-0.2, 0) is 9.53 Å². The average Bonchev–Trinajstić information content (AvgIpc) is 3.06. The number of carbonyl (C=O) groups excluding carboxylic acids is 2. The molecule has 27 heavy (non-hydrogen) atoms. The van der Waals surface area contributed by atoms with Crippen molar-refractivity contribution in [2.45, 2.75) is 6.92 Å². The lowest BCUT2D eigenvalue weighted by molar-refractivity contribution is -0.124. The van der Waals surface area contributed by atoms with Crippen LogP contribution in [0.15, 0.2) is 48.5 Å². The summed E-state index contributed by atoms with van der Waals surface area (Å²) in [4.78, 5) is 24.1. The third-order valence-corrected chi connectivity index (χ3v) is 4.79. The average molecular weight is 387 g/mol. The van der Waals surface area contributed by atoms with Gasteiger partial charge >= 0.3 is 5.97 Å². The van der Waals surface area contributed by atoms with Crippen LogP contribution in [0.1, 0.15) is 15.2 Å². The van der Waals surface area contributed by atoms with E-state index in [1.54, 1.807) is 12.1 Å². The minimum atomic E-state index is -0.609. The lowest BCUT2D eigenvalue weighted by atomic mass is 10.2. The highest BCUT2D eigenvalue weighted by Gasteiger charge is 2.14. The molecule has 0 radical (unpaired) electrons. The van der Waals surface area contributed by atoms with Gasteiger partial charge in [0.1, 0.15) is 23.1 Å². The number of hydrogen-bond donors (Lipinski definition) is 1. The lowest BCUT2D eigenvalue weighted by Crippen LogP contribution is -2.32. The van der Waals surface area contributed by atoms with E-state index in [9.17, 15) is 14.0 Å². The van der Waals surface area contributed by atoms with E-state index in [1.165, 1.54) is 23.5 Å². The zero-order valence-electron chi connectivity index (χ0n) is 14.7. The van der Waals surface area contributed by atoms with E-state index in [0.29, 0.717) is 23.4 Å². The van der Waals surface area contributed by atoms with Crippen LogP contribution in [0.25, 0.3) is 10.1 Å². The van der Waals surface area contributed by atoms with Gasteiger partial charge in [0.05, 0.1) is 6.54 Å². The largest absolute Gasteiger partial charge is 0.492 e. The van der Waals surface area contributed by atoms with Gasteiger partial charge in [0.25, 0.3) is 5.91 Å². The Morgan fingerprint density at radius 1 is 1.15 bits per heavy atom. The minimum absolute atomic E-state index is 0.298. The summed E-state index contributed by atoms with van der Waals surface area (Å²) in [5, 5.41) is 3.25. The highest BCUT2D eigenvalue weighted by Crippen LogP contribution is 2.26. The fourth-order valence-corrected chi connectivity index (χ4v) is 3.37. The van der Waals surface area contributed by atoms with Gasteiger partial charge in [-0.05, 0) is 54.3 Å². The summed E-state index contributed by atoms with van der Waals surface area (Å²) in [6, 6.07) is 13.4. The van der Waals surface area contributed by atoms with E-state index in [-0.39, 0.29) is 12.4 Å². The number of esters is 1. The minimum Gasteiger partial charge on any atom is -0.492 e. The number of benzene rings is 2. The second kappa shape index (κ2) is 8.64. The first-order chi connectivity index (χ1) is 13.0. The van der Waals surface area contributed by atoms with Gasteiger partial charge in [0.15, 0.2) is 6.61 Å². The maximum absolute atomic E-state index is 13.2. The molecule has 0 spiro atoms. The molecule has 0 unspecified atom stereocenters. The number of halogens is 1. The molecule has 2 aromatic carbocycles. The Morgan fingerprint density at radius 2 is 2.00 bits per heavy atom. The number of hydrogen-bond acceptors (Lipinski definition) is 5. The van der Waals surface area contributed by atoms with Crippen LogP contribution in [0.4, 0.5) is 4.39 Å². The Kier molecular flexibility index (Phi) is 6.03. The zero-order chi connectivity index (χ0) is 19.2. The molecule has 1 N–H and O–H groups in total. The van der Waals surface area contributed by atoms with E-state index in [0.717, 1.165) is 16.0 Å². The summed E-state index contributed by atoms with van der Waals surface area (Å²) in [5.41, 5.74) is 1.09. The van der Waals surface area contributed by atoms with Crippen LogP contribution in [-0.4, -0.2) is 31.6 Å². The normalized spacial score (nSPS) is 10.6. The second-order valence-corrected chi connectivity index (χ2v) is 6.97. The summed E-state index contributed by atoms with van der Waals surface area (Å²) in [7, 11) is 0. The summed E-state index contributed by atoms with van der Waals surface area (Å²) < 4.78 is 24.5. The van der Waals surface area contributed by atoms with Crippen LogP contribution >= 0.6 is 11.3 Å². The maximum Gasteiger partial charge on any atom is 0.348 e. The third kappa shape index (κ3) is 5.27. The Morgan fingerprint density at radius 3 is 2.81 bits per heavy atom. The molecule has 0 saturated heterocycles. The number of thiophene rings is 1. The number of rotatable bonds is 7. The summed E-state index contributed by atoms with van der Waals surface area (Å²) in [6.45, 7) is 2.19. The standard InChI is InChI=1S/C20H18FNO4S/c1-13-3-2-4-16(9-13)25-8-7-22-19(23)12-26-20(24)18-11-14-10-15(21)5-6-17(14)27-18/h2-6,9-11H,7-8,12H2,1H3,(H,22,23). The van der Waals surface area contributed by atoms with E-state index in [1.807, 2.05) is 31.2 Å². The molecule has 7 heteroatoms. The van der Waals surface area contributed by atoms with Crippen LogP contribution in [0, 0.1) is 12.7 Å². The number of fused-ring (bicyclic) bond motifs is 1. The van der Waals surface area contributed by atoms with Crippen molar-refractivity contribution in [1.29, 1.82) is 0 Å². The molecule has 1 heterocycles. The van der Waals surface area contributed by atoms with Gasteiger partial charge in [-0.15, -0.1) is 11.3 Å². The Bertz CT molecular complexity index is 970. The van der Waals surface area contributed by atoms with Gasteiger partial charge < -0.3 is 14.8 Å². The van der Waals surface area contributed by atoms with E-state index < -0.39 is 11.9 Å². The molecular weight excluding hydrogens is 369 g/mol. The van der Waals surface area contributed by atoms with Crippen molar-refractivity contribution in [3.05, 3.63) is 64.8 Å². The van der Waals surface area contributed by atoms with Crippen molar-refractivity contribution in [2.75, 3.05) is 19.8 Å². The second-order valence-electron chi connectivity index (χ2n) is 5.88. The summed E-state index contributed by atoms with van der Waals surface area (Å²) >= 11 is 1.19. The highest BCUT2D eigenvalue weighted by molar-refractivity contribution is 7.20. The molecule has 0 aliphatic rings. The van der Waals surface area contributed by atoms with Crippen molar-refractivity contribution in [1.82, 2.24) is 5.32 Å². The van der Waals surface area contributed by atoms with Gasteiger partial charge in [-0.3, -0.25) is 4.79 Å². The first kappa shape index (κ1) is 18.8. The third-order valence-electron chi connectivity index (χ3n) is 3.70. The molecule has 5 nitrogen and oxygen atoms in total. The van der Waals surface area contributed by atoms with Crippen molar-refractivity contribution in [3.8, 4) is 5.75 Å². The van der Waals surface area contributed by atoms with Crippen LogP contribution in [0.3, 0.4) is 0 Å². The molecule has 0 fully saturated rings. The van der Waals surface area contributed by atoms with Crippen LogP contribution in [0.2, 0.25) is 0 Å². The fourth-order valence-electron chi connectivity index (χ4n) is 2.43. The van der Waals surface area contributed by atoms with Gasteiger partial charge in [0.2, 0.25) is 0 Å². The molecular formula is C20H18FNO4S. The molecule has 0 aliphatic carbocycles. The topological polar surface area (TPSA) is 64.6 Å². The summed E-state index contributed by atoms with van der Waals surface area (Å²) in [6.07, 6.45) is 0. The molecule has 0 saturated carbocycles. The quantitative estimate of drug-likeness (QED) is 0.496. The molecule has 1 amide bonds. The predicted molar refractivity (Wildman–Crippen MR) is 102 cm³/mol. The summed E-state index contributed by atoms with van der Waals surface area (Å²) in [5.74, 6) is -0.657. The molecule has 0 atom stereocenters. The van der Waals surface area contributed by atoms with Crippen LogP contribution in [0.5, 0.6) is 5.75 Å². The maximum atomic E-state index is 13.2. The van der Waals surface area contributed by atoms with Gasteiger partial charge in [0, 0.05) is 4.70 Å². The zero-order valence-corrected chi connectivity index (χ0v) is 15.5. The number of ether oxygens (including phenoxy) is 2. The van der Waals surface area contributed by atoms with E-state index in [2.05, 4.69) is 5.32 Å². The first-order valence-electron chi connectivity index (χ1n) is 8.33. The SMILES string of the molecule is Cc1cccc(OCCNC(=O)COC(=O)c2cc3cc(F)ccc3s2)c1. The smallest absolute Gasteiger partial charge is 0.348 e. The van der Waals surface area contributed by atoms with E-state index in [4.69, 9.17) is 9.47 Å². The monoisotopic (exact) mass is 387 g/mol. The Hall–Kier alpha value is -2.93. The molecule has 3 aromatic rings. The van der Waals surface area contributed by atoms with Crippen LogP contribution < -0.4 is 10.1 Å². The van der Waals surface area contributed by atoms with Gasteiger partial charge in [-0.1, -0.05) is 12.1 Å². The number of amides is 1. The number of aryl methyl sites for hydroxylation is 1. The Labute approximate surface area is 159 Å². The van der Waals surface area contributed by atoms with Gasteiger partial charge in [-0.2, -0.15) is 0 Å². The van der Waals surface area contributed by atoms with Gasteiger partial charge in [-0.25, -0.2) is 9.18 Å². The molecule has 0 bridgehead atoms. The molecule has 0 aliphatic heterocycles. The Balaban J connectivity index is 1.41. The van der Waals surface area contributed by atoms with E-state index >= 15 is 0 Å². The predicted octanol–water partition coefficient (Wildman–Crippen LogP) is 3.70. The molecule has 140 valence electrons. The van der Waals surface area contributed by atoms with Crippen molar-refractivity contribution < 1.29 is 23.5 Å². The van der Waals surface area contributed by atoms with Crippen molar-refractivity contribution in [3.63, 3.8) is 0 Å². The molecule has 3 rings (SSSR count). The van der Waals surface area contributed by atoms with Crippen molar-refractivity contribution >= 4 is 33.3 Å². The fraction of sp³-hybridized carbons (Fsp3) is 0.200. The first-order valence-corrected chi connectivity index (χ1v) is 9.15. The highest BCUT2D eigenvalue weighted by atomic mass is 32.1. The van der Waals surface area contributed by atoms with Crippen molar-refractivity contribution in [2.24, 2.45) is 0 Å². The molecule has 1 aromatic heterocycles. The lowest BCUT2D eigenvalue weighted by Gasteiger charge is -2.08. The number of carbonyl (C=O) groups is 2.